The number of hydrogen-bond acceptors (Lipinski definition) is 4. The summed E-state index contributed by atoms with van der Waals surface area (Å²) in [5.74, 6) is 1.05. The number of thioether (sulfide) groups is 1. The predicted molar refractivity (Wildman–Crippen MR) is 78.1 cm³/mol. The standard InChI is InChI=1S/C13H17F3N2O2S/c14-13(15,16)9-3-4-11(10(17)8-9)18-12(20)2-1-6-21-7-5-19/h3-4,8,19H,1-2,5-7,17H2,(H,18,20). The van der Waals surface area contributed by atoms with E-state index in [-0.39, 0.29) is 30.3 Å². The van der Waals surface area contributed by atoms with Gasteiger partial charge in [-0.3, -0.25) is 4.79 Å². The van der Waals surface area contributed by atoms with Crippen molar-refractivity contribution in [3.05, 3.63) is 23.8 Å². The van der Waals surface area contributed by atoms with Gasteiger partial charge in [0.15, 0.2) is 0 Å². The Labute approximate surface area is 124 Å². The number of carbonyl (C=O) groups excluding carboxylic acids is 1. The first kappa shape index (κ1) is 17.6. The van der Waals surface area contributed by atoms with Crippen LogP contribution in [0.3, 0.4) is 0 Å². The van der Waals surface area contributed by atoms with Gasteiger partial charge in [-0.25, -0.2) is 0 Å². The third-order valence-corrected chi connectivity index (χ3v) is 3.63. The van der Waals surface area contributed by atoms with E-state index in [0.717, 1.165) is 24.0 Å². The Morgan fingerprint density at radius 2 is 2.05 bits per heavy atom. The molecule has 0 saturated heterocycles. The summed E-state index contributed by atoms with van der Waals surface area (Å²) in [5, 5.41) is 11.1. The SMILES string of the molecule is Nc1cc(C(F)(F)F)ccc1NC(=O)CCCSCCO. The van der Waals surface area contributed by atoms with Gasteiger partial charge in [0.25, 0.3) is 0 Å². The number of alkyl halides is 3. The summed E-state index contributed by atoms with van der Waals surface area (Å²) in [5.41, 5.74) is 4.72. The van der Waals surface area contributed by atoms with Crippen LogP contribution in [-0.4, -0.2) is 29.1 Å². The lowest BCUT2D eigenvalue weighted by atomic mass is 10.1. The highest BCUT2D eigenvalue weighted by atomic mass is 32.2. The maximum atomic E-state index is 12.5. The zero-order valence-electron chi connectivity index (χ0n) is 11.2. The zero-order chi connectivity index (χ0) is 15.9. The Morgan fingerprint density at radius 1 is 1.33 bits per heavy atom. The van der Waals surface area contributed by atoms with Gasteiger partial charge in [-0.05, 0) is 30.4 Å². The lowest BCUT2D eigenvalue weighted by molar-refractivity contribution is -0.137. The molecule has 0 spiro atoms. The molecule has 21 heavy (non-hydrogen) atoms. The largest absolute Gasteiger partial charge is 0.416 e. The molecule has 0 fully saturated rings. The molecule has 0 radical (unpaired) electrons. The third kappa shape index (κ3) is 6.26. The molecule has 0 aliphatic heterocycles. The minimum atomic E-state index is -4.46. The molecule has 0 bridgehead atoms. The molecule has 0 heterocycles. The molecule has 8 heteroatoms. The quantitative estimate of drug-likeness (QED) is 0.533. The van der Waals surface area contributed by atoms with Crippen molar-refractivity contribution in [2.24, 2.45) is 0 Å². The lowest BCUT2D eigenvalue weighted by Gasteiger charge is -2.11. The second kappa shape index (κ2) is 8.14. The van der Waals surface area contributed by atoms with Crippen LogP contribution in [-0.2, 0) is 11.0 Å². The number of halogens is 3. The van der Waals surface area contributed by atoms with Crippen LogP contribution >= 0.6 is 11.8 Å². The fourth-order valence-electron chi connectivity index (χ4n) is 1.57. The first-order valence-electron chi connectivity index (χ1n) is 6.29. The molecule has 4 nitrogen and oxygen atoms in total. The Morgan fingerprint density at radius 3 is 2.62 bits per heavy atom. The van der Waals surface area contributed by atoms with Crippen molar-refractivity contribution in [3.8, 4) is 0 Å². The highest BCUT2D eigenvalue weighted by Gasteiger charge is 2.30. The highest BCUT2D eigenvalue weighted by Crippen LogP contribution is 2.32. The van der Waals surface area contributed by atoms with E-state index in [1.807, 2.05) is 0 Å². The van der Waals surface area contributed by atoms with E-state index in [0.29, 0.717) is 12.2 Å². The summed E-state index contributed by atoms with van der Waals surface area (Å²) in [6.07, 6.45) is -3.59. The minimum Gasteiger partial charge on any atom is -0.397 e. The van der Waals surface area contributed by atoms with E-state index in [9.17, 15) is 18.0 Å². The molecule has 1 amide bonds. The van der Waals surface area contributed by atoms with Gasteiger partial charge in [0, 0.05) is 12.2 Å². The molecule has 0 aromatic heterocycles. The molecular weight excluding hydrogens is 305 g/mol. The van der Waals surface area contributed by atoms with Gasteiger partial charge in [-0.2, -0.15) is 24.9 Å². The van der Waals surface area contributed by atoms with E-state index in [4.69, 9.17) is 10.8 Å². The average molecular weight is 322 g/mol. The normalized spacial score (nSPS) is 11.4. The summed E-state index contributed by atoms with van der Waals surface area (Å²) in [6.45, 7) is 0.0962. The maximum absolute atomic E-state index is 12.5. The fraction of sp³-hybridized carbons (Fsp3) is 0.462. The Hall–Kier alpha value is -1.41. The summed E-state index contributed by atoms with van der Waals surface area (Å²) in [4.78, 5) is 11.6. The van der Waals surface area contributed by atoms with Crippen molar-refractivity contribution in [1.82, 2.24) is 0 Å². The van der Waals surface area contributed by atoms with Crippen LogP contribution in [0.2, 0.25) is 0 Å². The molecule has 1 aromatic carbocycles. The van der Waals surface area contributed by atoms with E-state index in [1.165, 1.54) is 11.8 Å². The second-order valence-corrected chi connectivity index (χ2v) is 5.51. The molecule has 1 rings (SSSR count). The summed E-state index contributed by atoms with van der Waals surface area (Å²) >= 11 is 1.53. The molecule has 4 N–H and O–H groups in total. The van der Waals surface area contributed by atoms with Gasteiger partial charge in [-0.1, -0.05) is 0 Å². The zero-order valence-corrected chi connectivity index (χ0v) is 12.1. The second-order valence-electron chi connectivity index (χ2n) is 4.29. The molecule has 1 aromatic rings. The van der Waals surface area contributed by atoms with E-state index < -0.39 is 11.7 Å². The number of aliphatic hydroxyl groups excluding tert-OH is 1. The van der Waals surface area contributed by atoms with Crippen LogP contribution in [0.4, 0.5) is 24.5 Å². The first-order valence-corrected chi connectivity index (χ1v) is 7.45. The number of rotatable bonds is 7. The van der Waals surface area contributed by atoms with Crippen molar-refractivity contribution in [2.75, 3.05) is 29.2 Å². The van der Waals surface area contributed by atoms with E-state index in [1.54, 1.807) is 0 Å². The number of nitrogen functional groups attached to an aromatic ring is 1. The monoisotopic (exact) mass is 322 g/mol. The van der Waals surface area contributed by atoms with E-state index >= 15 is 0 Å². The molecule has 118 valence electrons. The van der Waals surface area contributed by atoms with Gasteiger partial charge < -0.3 is 16.2 Å². The number of hydrogen-bond donors (Lipinski definition) is 3. The number of nitrogens with two attached hydrogens (primary N) is 1. The number of amides is 1. The van der Waals surface area contributed by atoms with Crippen LogP contribution in [0, 0.1) is 0 Å². The molecule has 0 aliphatic rings. The van der Waals surface area contributed by atoms with Crippen LogP contribution in [0.25, 0.3) is 0 Å². The smallest absolute Gasteiger partial charge is 0.397 e. The Balaban J connectivity index is 2.49. The third-order valence-electron chi connectivity index (χ3n) is 2.58. The van der Waals surface area contributed by atoms with Crippen LogP contribution < -0.4 is 11.1 Å². The van der Waals surface area contributed by atoms with E-state index in [2.05, 4.69) is 5.32 Å². The van der Waals surface area contributed by atoms with Crippen LogP contribution in [0.5, 0.6) is 0 Å². The number of carbonyl (C=O) groups is 1. The van der Waals surface area contributed by atoms with Crippen LogP contribution in [0.15, 0.2) is 18.2 Å². The summed E-state index contributed by atoms with van der Waals surface area (Å²) in [6, 6.07) is 2.83. The van der Waals surface area contributed by atoms with Gasteiger partial charge in [0.1, 0.15) is 0 Å². The van der Waals surface area contributed by atoms with Crippen molar-refractivity contribution >= 4 is 29.0 Å². The van der Waals surface area contributed by atoms with Gasteiger partial charge in [0.2, 0.25) is 5.91 Å². The van der Waals surface area contributed by atoms with Crippen LogP contribution in [0.1, 0.15) is 18.4 Å². The van der Waals surface area contributed by atoms with Gasteiger partial charge >= 0.3 is 6.18 Å². The molecular formula is C13H17F3N2O2S. The van der Waals surface area contributed by atoms with Gasteiger partial charge in [0.05, 0.1) is 23.5 Å². The number of nitrogens with one attached hydrogen (secondary N) is 1. The average Bonchev–Trinajstić information content (AvgIpc) is 2.39. The Bertz CT molecular complexity index is 481. The van der Waals surface area contributed by atoms with Crippen molar-refractivity contribution < 1.29 is 23.1 Å². The fourth-order valence-corrected chi connectivity index (χ4v) is 2.25. The molecule has 0 unspecified atom stereocenters. The number of aliphatic hydroxyl groups is 1. The highest BCUT2D eigenvalue weighted by molar-refractivity contribution is 7.99. The van der Waals surface area contributed by atoms with Crippen molar-refractivity contribution in [1.29, 1.82) is 0 Å². The Kier molecular flexibility index (Phi) is 6.83. The number of benzene rings is 1. The molecule has 0 aliphatic carbocycles. The predicted octanol–water partition coefficient (Wildman–Crippen LogP) is 2.73. The maximum Gasteiger partial charge on any atom is 0.416 e. The summed E-state index contributed by atoms with van der Waals surface area (Å²) < 4.78 is 37.4. The molecule has 0 atom stereocenters. The topological polar surface area (TPSA) is 75.3 Å². The van der Waals surface area contributed by atoms with Crippen molar-refractivity contribution in [3.63, 3.8) is 0 Å². The lowest BCUT2D eigenvalue weighted by Crippen LogP contribution is -2.14. The van der Waals surface area contributed by atoms with Crippen molar-refractivity contribution in [2.45, 2.75) is 19.0 Å². The number of anilines is 2. The summed E-state index contributed by atoms with van der Waals surface area (Å²) in [7, 11) is 0. The first-order chi connectivity index (χ1) is 9.84. The minimum absolute atomic E-state index is 0.0962. The van der Waals surface area contributed by atoms with Gasteiger partial charge in [-0.15, -0.1) is 0 Å². The molecule has 0 saturated carbocycles.